The predicted octanol–water partition coefficient (Wildman–Crippen LogP) is 4.16. The van der Waals surface area contributed by atoms with Crippen molar-refractivity contribution in [2.75, 3.05) is 26.7 Å². The minimum atomic E-state index is 0.392. The fourth-order valence-electron chi connectivity index (χ4n) is 3.62. The Balaban J connectivity index is 2.62. The molecule has 1 aliphatic rings. The molecule has 0 aliphatic heterocycles. The monoisotopic (exact) mass is 282 g/mol. The molecule has 0 heterocycles. The third-order valence-corrected chi connectivity index (χ3v) is 4.57. The number of nitrogens with zero attached hydrogens (tertiary/aromatic N) is 1. The van der Waals surface area contributed by atoms with E-state index < -0.39 is 0 Å². The molecule has 20 heavy (non-hydrogen) atoms. The first kappa shape index (κ1) is 18.0. The minimum Gasteiger partial charge on any atom is -0.314 e. The second-order valence-electron chi connectivity index (χ2n) is 8.95. The molecule has 0 aromatic heterocycles. The van der Waals surface area contributed by atoms with Gasteiger partial charge in [-0.25, -0.2) is 0 Å². The van der Waals surface area contributed by atoms with Crippen LogP contribution in [-0.2, 0) is 0 Å². The van der Waals surface area contributed by atoms with Crippen LogP contribution in [0.15, 0.2) is 0 Å². The van der Waals surface area contributed by atoms with Crippen LogP contribution < -0.4 is 5.32 Å². The van der Waals surface area contributed by atoms with Crippen molar-refractivity contribution in [1.29, 1.82) is 0 Å². The van der Waals surface area contributed by atoms with Crippen molar-refractivity contribution in [3.8, 4) is 0 Å². The van der Waals surface area contributed by atoms with Gasteiger partial charge in [-0.2, -0.15) is 0 Å². The number of hydrogen-bond donors (Lipinski definition) is 1. The van der Waals surface area contributed by atoms with Gasteiger partial charge in [-0.1, -0.05) is 54.4 Å². The summed E-state index contributed by atoms with van der Waals surface area (Å²) in [4.78, 5) is 2.57. The van der Waals surface area contributed by atoms with E-state index >= 15 is 0 Å². The van der Waals surface area contributed by atoms with E-state index in [9.17, 15) is 0 Å². The number of hydrogen-bond acceptors (Lipinski definition) is 2. The van der Waals surface area contributed by atoms with E-state index in [1.165, 1.54) is 45.3 Å². The highest BCUT2D eigenvalue weighted by atomic mass is 15.1. The van der Waals surface area contributed by atoms with Gasteiger partial charge in [0, 0.05) is 25.7 Å². The summed E-state index contributed by atoms with van der Waals surface area (Å²) in [6.07, 6.45) is 5.59. The Hall–Kier alpha value is -0.0800. The zero-order valence-corrected chi connectivity index (χ0v) is 15.1. The van der Waals surface area contributed by atoms with Gasteiger partial charge in [-0.15, -0.1) is 0 Å². The van der Waals surface area contributed by atoms with E-state index in [-0.39, 0.29) is 0 Å². The zero-order valence-electron chi connectivity index (χ0n) is 15.1. The van der Waals surface area contributed by atoms with Gasteiger partial charge in [0.15, 0.2) is 0 Å². The molecule has 1 fully saturated rings. The van der Waals surface area contributed by atoms with Crippen LogP contribution in [0.1, 0.15) is 67.2 Å². The van der Waals surface area contributed by atoms with Crippen molar-refractivity contribution in [2.45, 2.75) is 73.3 Å². The normalized spacial score (nSPS) is 28.4. The molecule has 120 valence electrons. The topological polar surface area (TPSA) is 15.3 Å². The van der Waals surface area contributed by atoms with Crippen molar-refractivity contribution < 1.29 is 0 Å². The Morgan fingerprint density at radius 2 is 1.75 bits per heavy atom. The number of rotatable bonds is 6. The minimum absolute atomic E-state index is 0.392. The maximum absolute atomic E-state index is 3.71. The van der Waals surface area contributed by atoms with Crippen LogP contribution in [0.5, 0.6) is 0 Å². The van der Waals surface area contributed by atoms with Gasteiger partial charge >= 0.3 is 0 Å². The Morgan fingerprint density at radius 3 is 2.20 bits per heavy atom. The van der Waals surface area contributed by atoms with E-state index in [4.69, 9.17) is 0 Å². The van der Waals surface area contributed by atoms with Crippen LogP contribution in [0.3, 0.4) is 0 Å². The molecule has 0 atom stereocenters. The molecule has 2 nitrogen and oxygen atoms in total. The lowest BCUT2D eigenvalue weighted by atomic mass is 9.70. The highest BCUT2D eigenvalue weighted by molar-refractivity contribution is 4.90. The lowest BCUT2D eigenvalue weighted by Crippen LogP contribution is -2.47. The third kappa shape index (κ3) is 6.58. The smallest absolute Gasteiger partial charge is 0.00473 e. The molecular formula is C18H38N2. The highest BCUT2D eigenvalue weighted by Crippen LogP contribution is 2.39. The molecule has 2 heteroatoms. The highest BCUT2D eigenvalue weighted by Gasteiger charge is 2.35. The zero-order chi connectivity index (χ0) is 15.4. The molecule has 0 amide bonds. The lowest BCUT2D eigenvalue weighted by Gasteiger charge is -2.43. The molecular weight excluding hydrogens is 244 g/mol. The largest absolute Gasteiger partial charge is 0.314 e. The van der Waals surface area contributed by atoms with Crippen molar-refractivity contribution in [3.05, 3.63) is 0 Å². The Labute approximate surface area is 127 Å². The molecule has 0 unspecified atom stereocenters. The van der Waals surface area contributed by atoms with Crippen molar-refractivity contribution in [1.82, 2.24) is 10.2 Å². The SMILES string of the molecule is CC1CCC(CNC(C)C)(CN(C)CC(C)(C)C)CC1. The summed E-state index contributed by atoms with van der Waals surface area (Å²) in [5.41, 5.74) is 0.889. The van der Waals surface area contributed by atoms with E-state index in [0.29, 0.717) is 16.9 Å². The summed E-state index contributed by atoms with van der Waals surface area (Å²) >= 11 is 0. The molecule has 1 saturated carbocycles. The maximum atomic E-state index is 3.71. The summed E-state index contributed by atoms with van der Waals surface area (Å²) in [7, 11) is 2.31. The summed E-state index contributed by atoms with van der Waals surface area (Å²) in [6.45, 7) is 17.6. The molecule has 0 aromatic rings. The molecule has 1 aliphatic carbocycles. The predicted molar refractivity (Wildman–Crippen MR) is 90.2 cm³/mol. The first-order valence-corrected chi connectivity index (χ1v) is 8.54. The van der Waals surface area contributed by atoms with Gasteiger partial charge in [0.1, 0.15) is 0 Å². The molecule has 1 N–H and O–H groups in total. The van der Waals surface area contributed by atoms with Gasteiger partial charge in [-0.05, 0) is 36.6 Å². The van der Waals surface area contributed by atoms with Crippen LogP contribution in [0.2, 0.25) is 0 Å². The second kappa shape index (κ2) is 7.26. The van der Waals surface area contributed by atoms with Gasteiger partial charge in [0.05, 0.1) is 0 Å². The fraction of sp³-hybridized carbons (Fsp3) is 1.00. The third-order valence-electron chi connectivity index (χ3n) is 4.57. The molecule has 1 rings (SSSR count). The van der Waals surface area contributed by atoms with E-state index in [2.05, 4.69) is 58.8 Å². The standard InChI is InChI=1S/C18H38N2/c1-15(2)19-12-18(10-8-16(3)9-11-18)14-20(7)13-17(4,5)6/h15-16,19H,8-14H2,1-7H3. The van der Waals surface area contributed by atoms with Gasteiger partial charge in [0.2, 0.25) is 0 Å². The molecule has 0 aromatic carbocycles. The summed E-state index contributed by atoms with van der Waals surface area (Å²) < 4.78 is 0. The number of nitrogens with one attached hydrogen (secondary N) is 1. The van der Waals surface area contributed by atoms with Crippen molar-refractivity contribution >= 4 is 0 Å². The summed E-state index contributed by atoms with van der Waals surface area (Å²) in [5, 5.41) is 3.71. The van der Waals surface area contributed by atoms with Crippen molar-refractivity contribution in [3.63, 3.8) is 0 Å². The van der Waals surface area contributed by atoms with E-state index in [1.807, 2.05) is 0 Å². The molecule has 0 radical (unpaired) electrons. The average molecular weight is 283 g/mol. The van der Waals surface area contributed by atoms with Crippen LogP contribution in [0.25, 0.3) is 0 Å². The first-order valence-electron chi connectivity index (χ1n) is 8.54. The summed E-state index contributed by atoms with van der Waals surface area (Å²) in [6, 6.07) is 0.596. The van der Waals surface area contributed by atoms with E-state index in [0.717, 1.165) is 5.92 Å². The maximum Gasteiger partial charge on any atom is 0.00473 e. The van der Waals surface area contributed by atoms with Gasteiger partial charge in [0.25, 0.3) is 0 Å². The van der Waals surface area contributed by atoms with Crippen molar-refractivity contribution in [2.24, 2.45) is 16.7 Å². The molecule has 0 saturated heterocycles. The molecule has 0 spiro atoms. The van der Waals surface area contributed by atoms with Crippen LogP contribution in [0.4, 0.5) is 0 Å². The summed E-state index contributed by atoms with van der Waals surface area (Å²) in [5.74, 6) is 0.926. The van der Waals surface area contributed by atoms with Crippen LogP contribution >= 0.6 is 0 Å². The Bertz CT molecular complexity index is 270. The van der Waals surface area contributed by atoms with Crippen LogP contribution in [0, 0.1) is 16.7 Å². The quantitative estimate of drug-likeness (QED) is 0.787. The average Bonchev–Trinajstić information content (AvgIpc) is 2.28. The van der Waals surface area contributed by atoms with E-state index in [1.54, 1.807) is 0 Å². The lowest BCUT2D eigenvalue weighted by molar-refractivity contribution is 0.0813. The first-order chi connectivity index (χ1) is 9.12. The Morgan fingerprint density at radius 1 is 1.20 bits per heavy atom. The van der Waals surface area contributed by atoms with Gasteiger partial charge < -0.3 is 10.2 Å². The Kier molecular flexibility index (Phi) is 6.53. The van der Waals surface area contributed by atoms with Gasteiger partial charge in [-0.3, -0.25) is 0 Å². The fourth-order valence-corrected chi connectivity index (χ4v) is 3.62. The second-order valence-corrected chi connectivity index (χ2v) is 8.95. The molecule has 0 bridgehead atoms. The van der Waals surface area contributed by atoms with Crippen LogP contribution in [-0.4, -0.2) is 37.6 Å².